The standard InChI is InChI=1S/C16H24N4OS/c17-7-3-9-19(10-4-8-18)16(21)13-20-11-12-22-15-6-2-1-5-14(15)20/h14-15H,1-6,9-13H2. The summed E-state index contributed by atoms with van der Waals surface area (Å²) in [4.78, 5) is 16.6. The van der Waals surface area contributed by atoms with Crippen LogP contribution in [0, 0.1) is 22.7 Å². The van der Waals surface area contributed by atoms with E-state index in [0.717, 1.165) is 12.3 Å². The number of nitriles is 2. The molecule has 0 spiro atoms. The van der Waals surface area contributed by atoms with Crippen molar-refractivity contribution >= 4 is 17.7 Å². The van der Waals surface area contributed by atoms with Gasteiger partial charge in [-0.3, -0.25) is 9.69 Å². The highest BCUT2D eigenvalue weighted by Gasteiger charge is 2.35. The first-order valence-electron chi connectivity index (χ1n) is 8.13. The van der Waals surface area contributed by atoms with E-state index in [1.54, 1.807) is 4.90 Å². The predicted molar refractivity (Wildman–Crippen MR) is 87.1 cm³/mol. The van der Waals surface area contributed by atoms with Crippen molar-refractivity contribution < 1.29 is 4.79 Å². The normalized spacial score (nSPS) is 24.8. The van der Waals surface area contributed by atoms with Crippen LogP contribution in [0.25, 0.3) is 0 Å². The van der Waals surface area contributed by atoms with Crippen LogP contribution in [0.4, 0.5) is 0 Å². The number of amides is 1. The second kappa shape index (κ2) is 9.02. The summed E-state index contributed by atoms with van der Waals surface area (Å²) in [5.41, 5.74) is 0. The summed E-state index contributed by atoms with van der Waals surface area (Å²) in [6, 6.07) is 4.70. The van der Waals surface area contributed by atoms with E-state index in [9.17, 15) is 4.79 Å². The number of carbonyl (C=O) groups excluding carboxylic acids is 1. The van der Waals surface area contributed by atoms with E-state index in [2.05, 4.69) is 28.8 Å². The van der Waals surface area contributed by atoms with Gasteiger partial charge in [-0.1, -0.05) is 12.8 Å². The fraction of sp³-hybridized carbons (Fsp3) is 0.812. The second-order valence-corrected chi connectivity index (χ2v) is 7.28. The summed E-state index contributed by atoms with van der Waals surface area (Å²) in [5.74, 6) is 1.17. The van der Waals surface area contributed by atoms with Gasteiger partial charge in [0.25, 0.3) is 0 Å². The molecule has 1 aliphatic carbocycles. The highest BCUT2D eigenvalue weighted by molar-refractivity contribution is 8.00. The van der Waals surface area contributed by atoms with Crippen LogP contribution >= 0.6 is 11.8 Å². The maximum Gasteiger partial charge on any atom is 0.236 e. The highest BCUT2D eigenvalue weighted by atomic mass is 32.2. The van der Waals surface area contributed by atoms with Crippen LogP contribution in [0.5, 0.6) is 0 Å². The largest absolute Gasteiger partial charge is 0.340 e. The molecule has 0 aromatic heterocycles. The van der Waals surface area contributed by atoms with Crippen molar-refractivity contribution in [3.05, 3.63) is 0 Å². The zero-order valence-electron chi connectivity index (χ0n) is 13.0. The molecule has 0 aromatic rings. The lowest BCUT2D eigenvalue weighted by Crippen LogP contribution is -2.52. The molecule has 5 nitrogen and oxygen atoms in total. The molecular weight excluding hydrogens is 296 g/mol. The average molecular weight is 320 g/mol. The summed E-state index contributed by atoms with van der Waals surface area (Å²) >= 11 is 2.06. The number of hydrogen-bond donors (Lipinski definition) is 0. The van der Waals surface area contributed by atoms with Crippen LogP contribution in [0.3, 0.4) is 0 Å². The minimum absolute atomic E-state index is 0.0710. The predicted octanol–water partition coefficient (Wildman–Crippen LogP) is 2.00. The Bertz CT molecular complexity index is 436. The first kappa shape index (κ1) is 17.1. The van der Waals surface area contributed by atoms with E-state index < -0.39 is 0 Å². The van der Waals surface area contributed by atoms with Crippen molar-refractivity contribution in [2.75, 3.05) is 31.9 Å². The number of nitrogens with zero attached hydrogens (tertiary/aromatic N) is 4. The fourth-order valence-corrected chi connectivity index (χ4v) is 4.88. The molecular formula is C16H24N4OS. The third kappa shape index (κ3) is 4.63. The molecule has 0 N–H and O–H groups in total. The zero-order chi connectivity index (χ0) is 15.8. The molecule has 2 fully saturated rings. The van der Waals surface area contributed by atoms with Crippen molar-refractivity contribution in [1.29, 1.82) is 10.5 Å². The van der Waals surface area contributed by atoms with Gasteiger partial charge in [0.15, 0.2) is 0 Å². The lowest BCUT2D eigenvalue weighted by atomic mass is 9.93. The fourth-order valence-electron chi connectivity index (χ4n) is 3.38. The van der Waals surface area contributed by atoms with E-state index in [1.807, 2.05) is 0 Å². The van der Waals surface area contributed by atoms with E-state index in [4.69, 9.17) is 10.5 Å². The van der Waals surface area contributed by atoms with Crippen molar-refractivity contribution in [2.45, 2.75) is 49.8 Å². The van der Waals surface area contributed by atoms with Crippen LogP contribution in [-0.4, -0.2) is 58.9 Å². The van der Waals surface area contributed by atoms with Gasteiger partial charge in [-0.05, 0) is 12.8 Å². The molecule has 6 heteroatoms. The van der Waals surface area contributed by atoms with Crippen molar-refractivity contribution in [1.82, 2.24) is 9.80 Å². The monoisotopic (exact) mass is 320 g/mol. The molecule has 1 saturated carbocycles. The van der Waals surface area contributed by atoms with E-state index in [0.29, 0.717) is 43.8 Å². The molecule has 22 heavy (non-hydrogen) atoms. The van der Waals surface area contributed by atoms with E-state index in [1.165, 1.54) is 25.7 Å². The van der Waals surface area contributed by atoms with Crippen LogP contribution in [0.2, 0.25) is 0 Å². The smallest absolute Gasteiger partial charge is 0.236 e. The summed E-state index contributed by atoms with van der Waals surface area (Å²) in [5, 5.41) is 18.1. The Morgan fingerprint density at radius 3 is 2.55 bits per heavy atom. The molecule has 120 valence electrons. The van der Waals surface area contributed by atoms with E-state index in [-0.39, 0.29) is 5.91 Å². The van der Waals surface area contributed by atoms with Crippen LogP contribution in [0.15, 0.2) is 0 Å². The number of carbonyl (C=O) groups is 1. The number of rotatable bonds is 6. The summed E-state index contributed by atoms with van der Waals surface area (Å²) < 4.78 is 0. The van der Waals surface area contributed by atoms with Crippen molar-refractivity contribution in [3.63, 3.8) is 0 Å². The molecule has 1 saturated heterocycles. The Hall–Kier alpha value is -1.24. The minimum Gasteiger partial charge on any atom is -0.340 e. The van der Waals surface area contributed by atoms with Crippen molar-refractivity contribution in [3.8, 4) is 12.1 Å². The van der Waals surface area contributed by atoms with Gasteiger partial charge in [0, 0.05) is 36.7 Å². The maximum atomic E-state index is 12.6. The Balaban J connectivity index is 1.92. The van der Waals surface area contributed by atoms with Gasteiger partial charge in [-0.2, -0.15) is 22.3 Å². The molecule has 0 radical (unpaired) electrons. The molecule has 0 aromatic carbocycles. The Morgan fingerprint density at radius 2 is 1.86 bits per heavy atom. The summed E-state index contributed by atoms with van der Waals surface area (Å²) in [6.07, 6.45) is 5.71. The van der Waals surface area contributed by atoms with E-state index >= 15 is 0 Å². The molecule has 2 unspecified atom stereocenters. The van der Waals surface area contributed by atoms with Gasteiger partial charge in [0.2, 0.25) is 5.91 Å². The molecule has 2 aliphatic rings. The highest BCUT2D eigenvalue weighted by Crippen LogP contribution is 2.35. The van der Waals surface area contributed by atoms with Crippen LogP contribution in [-0.2, 0) is 4.79 Å². The summed E-state index contributed by atoms with van der Waals surface area (Å²) in [7, 11) is 0. The Morgan fingerprint density at radius 1 is 1.18 bits per heavy atom. The lowest BCUT2D eigenvalue weighted by Gasteiger charge is -2.43. The maximum absolute atomic E-state index is 12.6. The molecule has 0 bridgehead atoms. The Labute approximate surface area is 137 Å². The molecule has 2 atom stereocenters. The van der Waals surface area contributed by atoms with Crippen LogP contribution in [0.1, 0.15) is 38.5 Å². The third-order valence-corrected chi connectivity index (χ3v) is 5.92. The van der Waals surface area contributed by atoms with Gasteiger partial charge in [0.1, 0.15) is 0 Å². The quantitative estimate of drug-likeness (QED) is 0.748. The number of hydrogen-bond acceptors (Lipinski definition) is 5. The van der Waals surface area contributed by atoms with Crippen molar-refractivity contribution in [2.24, 2.45) is 0 Å². The number of fused-ring (bicyclic) bond motifs is 1. The van der Waals surface area contributed by atoms with Gasteiger partial charge in [0.05, 0.1) is 31.5 Å². The average Bonchev–Trinajstić information content (AvgIpc) is 2.55. The summed E-state index contributed by atoms with van der Waals surface area (Å²) in [6.45, 7) is 2.29. The SMILES string of the molecule is N#CCCN(CCC#N)C(=O)CN1CCSC2CCCCC21. The minimum atomic E-state index is 0.0710. The third-order valence-electron chi connectivity index (χ3n) is 4.53. The molecule has 2 rings (SSSR count). The van der Waals surface area contributed by atoms with Gasteiger partial charge < -0.3 is 4.90 Å². The first-order chi connectivity index (χ1) is 10.8. The zero-order valence-corrected chi connectivity index (χ0v) is 13.9. The van der Waals surface area contributed by atoms with Gasteiger partial charge >= 0.3 is 0 Å². The topological polar surface area (TPSA) is 71.1 Å². The first-order valence-corrected chi connectivity index (χ1v) is 9.18. The molecule has 1 heterocycles. The lowest BCUT2D eigenvalue weighted by molar-refractivity contribution is -0.133. The molecule has 1 amide bonds. The Kier molecular flexibility index (Phi) is 7.02. The molecule has 1 aliphatic heterocycles. The second-order valence-electron chi connectivity index (χ2n) is 5.93. The van der Waals surface area contributed by atoms with Gasteiger partial charge in [-0.15, -0.1) is 0 Å². The number of thioether (sulfide) groups is 1. The van der Waals surface area contributed by atoms with Crippen LogP contribution < -0.4 is 0 Å². The van der Waals surface area contributed by atoms with Gasteiger partial charge in [-0.25, -0.2) is 0 Å².